The highest BCUT2D eigenvalue weighted by Crippen LogP contribution is 2.19. The van der Waals surface area contributed by atoms with Gasteiger partial charge < -0.3 is 5.32 Å². The fraction of sp³-hybridized carbons (Fsp3) is 0.0588. The molecule has 0 bridgehead atoms. The first kappa shape index (κ1) is 15.2. The van der Waals surface area contributed by atoms with Crippen molar-refractivity contribution in [1.82, 2.24) is 10.2 Å². The van der Waals surface area contributed by atoms with Gasteiger partial charge in [0.15, 0.2) is 0 Å². The number of imide groups is 1. The fourth-order valence-corrected chi connectivity index (χ4v) is 2.47. The molecule has 0 aliphatic carbocycles. The molecule has 0 radical (unpaired) electrons. The van der Waals surface area contributed by atoms with E-state index in [0.717, 1.165) is 4.90 Å². The van der Waals surface area contributed by atoms with Gasteiger partial charge in [0.2, 0.25) is 0 Å². The minimum Gasteiger partial charge on any atom is -0.303 e. The number of carbonyl (C=O) groups excluding carboxylic acids is 2. The average molecular weight is 331 g/mol. The second-order valence-electron chi connectivity index (χ2n) is 5.03. The summed E-state index contributed by atoms with van der Waals surface area (Å²) in [6, 6.07) is 12.3. The van der Waals surface area contributed by atoms with Crippen LogP contribution in [0.1, 0.15) is 11.1 Å². The zero-order chi connectivity index (χ0) is 16.4. The van der Waals surface area contributed by atoms with E-state index in [1.54, 1.807) is 36.4 Å². The molecule has 3 rings (SSSR count). The lowest BCUT2D eigenvalue weighted by molar-refractivity contribution is -0.123. The van der Waals surface area contributed by atoms with Gasteiger partial charge in [-0.05, 0) is 29.8 Å². The molecular weight excluding hydrogens is 319 g/mol. The highest BCUT2D eigenvalue weighted by molar-refractivity contribution is 6.30. The van der Waals surface area contributed by atoms with E-state index in [-0.39, 0.29) is 17.8 Å². The molecule has 6 heteroatoms. The number of nitrogens with one attached hydrogen (secondary N) is 1. The molecule has 4 nitrogen and oxygen atoms in total. The maximum Gasteiger partial charge on any atom is 0.329 e. The monoisotopic (exact) mass is 330 g/mol. The number of benzene rings is 2. The molecule has 0 spiro atoms. The van der Waals surface area contributed by atoms with E-state index in [2.05, 4.69) is 5.32 Å². The van der Waals surface area contributed by atoms with Crippen LogP contribution in [0.25, 0.3) is 6.08 Å². The standard InChI is InChI=1S/C17H12ClFN2O2/c18-13-6-3-4-11(8-13)9-15-16(22)21(17(23)20-15)10-12-5-1-2-7-14(12)19/h1-9H,10H2,(H,20,23)/b15-9-. The SMILES string of the molecule is O=C1N/C(=C\c2cccc(Cl)c2)C(=O)N1Cc1ccccc1F. The van der Waals surface area contributed by atoms with Crippen molar-refractivity contribution >= 4 is 29.6 Å². The van der Waals surface area contributed by atoms with E-state index in [1.165, 1.54) is 18.2 Å². The van der Waals surface area contributed by atoms with Crippen LogP contribution in [0, 0.1) is 5.82 Å². The van der Waals surface area contributed by atoms with Gasteiger partial charge in [-0.25, -0.2) is 9.18 Å². The molecule has 0 atom stereocenters. The van der Waals surface area contributed by atoms with Gasteiger partial charge in [0, 0.05) is 10.6 Å². The van der Waals surface area contributed by atoms with Crippen LogP contribution < -0.4 is 5.32 Å². The van der Waals surface area contributed by atoms with Crippen molar-refractivity contribution in [1.29, 1.82) is 0 Å². The summed E-state index contributed by atoms with van der Waals surface area (Å²) in [5.41, 5.74) is 1.10. The third-order valence-corrected chi connectivity index (χ3v) is 3.64. The highest BCUT2D eigenvalue weighted by atomic mass is 35.5. The Morgan fingerprint density at radius 3 is 2.65 bits per heavy atom. The molecule has 2 aromatic carbocycles. The molecule has 1 N–H and O–H groups in total. The first-order chi connectivity index (χ1) is 11.0. The first-order valence-corrected chi connectivity index (χ1v) is 7.26. The average Bonchev–Trinajstić information content (AvgIpc) is 2.77. The lowest BCUT2D eigenvalue weighted by Gasteiger charge is -2.12. The van der Waals surface area contributed by atoms with Crippen molar-refractivity contribution in [2.24, 2.45) is 0 Å². The molecule has 1 saturated heterocycles. The topological polar surface area (TPSA) is 49.4 Å². The van der Waals surface area contributed by atoms with Gasteiger partial charge in [-0.3, -0.25) is 9.69 Å². The Morgan fingerprint density at radius 2 is 1.91 bits per heavy atom. The molecule has 23 heavy (non-hydrogen) atoms. The van der Waals surface area contributed by atoms with Gasteiger partial charge in [0.1, 0.15) is 11.5 Å². The van der Waals surface area contributed by atoms with Gasteiger partial charge in [-0.15, -0.1) is 0 Å². The van der Waals surface area contributed by atoms with Crippen molar-refractivity contribution in [3.8, 4) is 0 Å². The van der Waals surface area contributed by atoms with Crippen molar-refractivity contribution in [2.45, 2.75) is 6.54 Å². The van der Waals surface area contributed by atoms with Crippen LogP contribution in [0.5, 0.6) is 0 Å². The molecule has 0 saturated carbocycles. The summed E-state index contributed by atoms with van der Waals surface area (Å²) in [6.07, 6.45) is 1.54. The van der Waals surface area contributed by atoms with Crippen LogP contribution in [0.4, 0.5) is 9.18 Å². The highest BCUT2D eigenvalue weighted by Gasteiger charge is 2.33. The van der Waals surface area contributed by atoms with Crippen LogP contribution in [0.15, 0.2) is 54.2 Å². The predicted molar refractivity (Wildman–Crippen MR) is 84.9 cm³/mol. The van der Waals surface area contributed by atoms with Crippen LogP contribution in [0.2, 0.25) is 5.02 Å². The smallest absolute Gasteiger partial charge is 0.303 e. The summed E-state index contributed by atoms with van der Waals surface area (Å²) in [5, 5.41) is 3.02. The molecule has 116 valence electrons. The summed E-state index contributed by atoms with van der Waals surface area (Å²) < 4.78 is 13.7. The minimum atomic E-state index is -0.577. The number of halogens is 2. The van der Waals surface area contributed by atoms with E-state index in [1.807, 2.05) is 0 Å². The van der Waals surface area contributed by atoms with E-state index < -0.39 is 17.8 Å². The Labute approximate surface area is 137 Å². The zero-order valence-corrected chi connectivity index (χ0v) is 12.7. The van der Waals surface area contributed by atoms with E-state index in [9.17, 15) is 14.0 Å². The number of rotatable bonds is 3. The number of amides is 3. The Hall–Kier alpha value is -2.66. The molecule has 1 aliphatic heterocycles. The van der Waals surface area contributed by atoms with Crippen LogP contribution in [-0.4, -0.2) is 16.8 Å². The second-order valence-corrected chi connectivity index (χ2v) is 5.46. The van der Waals surface area contributed by atoms with Gasteiger partial charge in [-0.1, -0.05) is 41.9 Å². The van der Waals surface area contributed by atoms with Gasteiger partial charge >= 0.3 is 6.03 Å². The van der Waals surface area contributed by atoms with E-state index >= 15 is 0 Å². The summed E-state index contributed by atoms with van der Waals surface area (Å²) in [7, 11) is 0. The molecular formula is C17H12ClFN2O2. The summed E-state index contributed by atoms with van der Waals surface area (Å²) in [5.74, 6) is -0.960. The van der Waals surface area contributed by atoms with Crippen LogP contribution in [0.3, 0.4) is 0 Å². The quantitative estimate of drug-likeness (QED) is 0.691. The maximum absolute atomic E-state index is 13.7. The van der Waals surface area contributed by atoms with Gasteiger partial charge in [0.05, 0.1) is 6.54 Å². The molecule has 2 aromatic rings. The molecule has 3 amide bonds. The predicted octanol–water partition coefficient (Wildman–Crippen LogP) is 3.57. The number of urea groups is 1. The fourth-order valence-electron chi connectivity index (χ4n) is 2.28. The van der Waals surface area contributed by atoms with E-state index in [4.69, 9.17) is 11.6 Å². The van der Waals surface area contributed by atoms with Crippen molar-refractivity contribution in [3.05, 3.63) is 76.2 Å². The number of hydrogen-bond acceptors (Lipinski definition) is 2. The number of carbonyl (C=O) groups is 2. The Kier molecular flexibility index (Phi) is 4.12. The van der Waals surface area contributed by atoms with E-state index in [0.29, 0.717) is 10.6 Å². The Morgan fingerprint density at radius 1 is 1.13 bits per heavy atom. The number of hydrogen-bond donors (Lipinski definition) is 1. The minimum absolute atomic E-state index is 0.121. The van der Waals surface area contributed by atoms with Crippen LogP contribution in [-0.2, 0) is 11.3 Å². The molecule has 0 unspecified atom stereocenters. The summed E-state index contributed by atoms with van der Waals surface area (Å²) >= 11 is 5.90. The molecule has 1 aliphatic rings. The Bertz CT molecular complexity index is 820. The lowest BCUT2D eigenvalue weighted by Crippen LogP contribution is -2.30. The van der Waals surface area contributed by atoms with Gasteiger partial charge in [-0.2, -0.15) is 0 Å². The summed E-state index contributed by atoms with van der Waals surface area (Å²) in [4.78, 5) is 25.3. The molecule has 0 aromatic heterocycles. The van der Waals surface area contributed by atoms with Crippen molar-refractivity contribution in [2.75, 3.05) is 0 Å². The second kappa shape index (κ2) is 6.22. The normalized spacial score (nSPS) is 16.1. The Balaban J connectivity index is 1.84. The third kappa shape index (κ3) is 3.24. The van der Waals surface area contributed by atoms with Gasteiger partial charge in [0.25, 0.3) is 5.91 Å². The molecule has 1 fully saturated rings. The zero-order valence-electron chi connectivity index (χ0n) is 11.9. The van der Waals surface area contributed by atoms with Crippen molar-refractivity contribution < 1.29 is 14.0 Å². The largest absolute Gasteiger partial charge is 0.329 e. The summed E-state index contributed by atoms with van der Waals surface area (Å²) in [6.45, 7) is -0.121. The first-order valence-electron chi connectivity index (χ1n) is 6.88. The maximum atomic E-state index is 13.7. The van der Waals surface area contributed by atoms with Crippen LogP contribution >= 0.6 is 11.6 Å². The number of nitrogens with zero attached hydrogens (tertiary/aromatic N) is 1. The third-order valence-electron chi connectivity index (χ3n) is 3.41. The molecule has 1 heterocycles. The van der Waals surface area contributed by atoms with Crippen molar-refractivity contribution in [3.63, 3.8) is 0 Å². The lowest BCUT2D eigenvalue weighted by atomic mass is 10.2.